The van der Waals surface area contributed by atoms with Gasteiger partial charge in [0.05, 0.1) is 18.4 Å². The van der Waals surface area contributed by atoms with Crippen LogP contribution < -0.4 is 0 Å². The van der Waals surface area contributed by atoms with Crippen molar-refractivity contribution in [2.45, 2.75) is 12.8 Å². The van der Waals surface area contributed by atoms with Gasteiger partial charge in [0.15, 0.2) is 5.65 Å². The standard InChI is InChI=1S/C8H7N4O/c1-5(3-13)7-9-2-6-8(12-7)11-4-10-6/h2,4-5H,1H3,(H,9,10,11,12). The lowest BCUT2D eigenvalue weighted by Crippen LogP contribution is -2.01. The Kier molecular flexibility index (Phi) is 1.77. The van der Waals surface area contributed by atoms with Crippen LogP contribution in [0, 0.1) is 0 Å². The Hall–Kier alpha value is -1.78. The first-order chi connectivity index (χ1) is 6.31. The van der Waals surface area contributed by atoms with Crippen LogP contribution in [-0.4, -0.2) is 26.2 Å². The van der Waals surface area contributed by atoms with E-state index in [0.717, 1.165) is 0 Å². The highest BCUT2D eigenvalue weighted by atomic mass is 16.1. The molecule has 0 amide bonds. The zero-order valence-corrected chi connectivity index (χ0v) is 6.98. The van der Waals surface area contributed by atoms with Crippen LogP contribution in [0.4, 0.5) is 0 Å². The molecule has 0 saturated heterocycles. The Balaban J connectivity index is 2.53. The molecule has 2 rings (SSSR count). The second-order valence-electron chi connectivity index (χ2n) is 2.70. The van der Waals surface area contributed by atoms with E-state index >= 15 is 0 Å². The molecular weight excluding hydrogens is 168 g/mol. The molecule has 0 aliphatic heterocycles. The summed E-state index contributed by atoms with van der Waals surface area (Å²) in [6.45, 7) is 1.70. The second-order valence-corrected chi connectivity index (χ2v) is 2.70. The highest BCUT2D eigenvalue weighted by Crippen LogP contribution is 2.10. The van der Waals surface area contributed by atoms with Crippen LogP contribution in [0.15, 0.2) is 12.5 Å². The summed E-state index contributed by atoms with van der Waals surface area (Å²) in [6.07, 6.45) is 4.95. The molecule has 0 bridgehead atoms. The Morgan fingerprint density at radius 2 is 2.38 bits per heavy atom. The van der Waals surface area contributed by atoms with Gasteiger partial charge in [-0.25, -0.2) is 15.0 Å². The Morgan fingerprint density at radius 3 is 3.15 bits per heavy atom. The van der Waals surface area contributed by atoms with E-state index in [4.69, 9.17) is 0 Å². The largest absolute Gasteiger partial charge is 0.329 e. The van der Waals surface area contributed by atoms with Crippen molar-refractivity contribution < 1.29 is 4.79 Å². The van der Waals surface area contributed by atoms with Gasteiger partial charge >= 0.3 is 0 Å². The van der Waals surface area contributed by atoms with Gasteiger partial charge < -0.3 is 4.98 Å². The maximum absolute atomic E-state index is 10.3. The molecule has 1 radical (unpaired) electrons. The van der Waals surface area contributed by atoms with Crippen molar-refractivity contribution in [2.24, 2.45) is 0 Å². The van der Waals surface area contributed by atoms with Gasteiger partial charge in [0.1, 0.15) is 11.3 Å². The van der Waals surface area contributed by atoms with Crippen molar-refractivity contribution in [1.82, 2.24) is 19.9 Å². The van der Waals surface area contributed by atoms with Crippen molar-refractivity contribution >= 4 is 17.5 Å². The molecule has 1 N–H and O–H groups in total. The number of carbonyl (C=O) groups excluding carboxylic acids is 1. The van der Waals surface area contributed by atoms with E-state index in [-0.39, 0.29) is 0 Å². The van der Waals surface area contributed by atoms with Crippen LogP contribution in [-0.2, 0) is 4.79 Å². The number of rotatable bonds is 2. The monoisotopic (exact) mass is 175 g/mol. The molecular formula is C8H7N4O. The Bertz CT molecular complexity index is 436. The first kappa shape index (κ1) is 7.85. The summed E-state index contributed by atoms with van der Waals surface area (Å²) in [5.74, 6) is 0.0689. The number of aromatic nitrogens is 4. The SMILES string of the molecule is CC([C]=O)c1ncc2nc[nH]c2n1. The number of hydrogen-bond donors (Lipinski definition) is 1. The van der Waals surface area contributed by atoms with Crippen LogP contribution in [0.5, 0.6) is 0 Å². The van der Waals surface area contributed by atoms with E-state index in [1.807, 2.05) is 6.29 Å². The predicted octanol–water partition coefficient (Wildman–Crippen LogP) is 0.566. The van der Waals surface area contributed by atoms with Crippen LogP contribution in [0.25, 0.3) is 11.2 Å². The number of hydrogen-bond acceptors (Lipinski definition) is 4. The fraction of sp³-hybridized carbons (Fsp3) is 0.250. The average molecular weight is 175 g/mol. The molecule has 0 aliphatic carbocycles. The molecule has 65 valence electrons. The van der Waals surface area contributed by atoms with Gasteiger partial charge in [-0.1, -0.05) is 0 Å². The molecule has 0 aromatic carbocycles. The lowest BCUT2D eigenvalue weighted by Gasteiger charge is -1.98. The van der Waals surface area contributed by atoms with Crippen LogP contribution in [0.2, 0.25) is 0 Å². The third kappa shape index (κ3) is 1.28. The zero-order chi connectivity index (χ0) is 9.26. The zero-order valence-electron chi connectivity index (χ0n) is 6.98. The van der Waals surface area contributed by atoms with Gasteiger partial charge in [0, 0.05) is 0 Å². The summed E-state index contributed by atoms with van der Waals surface area (Å²) < 4.78 is 0. The van der Waals surface area contributed by atoms with E-state index < -0.39 is 5.92 Å². The minimum atomic E-state index is -0.396. The molecule has 0 fully saturated rings. The third-order valence-electron chi connectivity index (χ3n) is 1.76. The summed E-state index contributed by atoms with van der Waals surface area (Å²) in [4.78, 5) is 25.3. The third-order valence-corrected chi connectivity index (χ3v) is 1.76. The van der Waals surface area contributed by atoms with Crippen LogP contribution >= 0.6 is 0 Å². The van der Waals surface area contributed by atoms with E-state index in [1.54, 1.807) is 19.4 Å². The fourth-order valence-corrected chi connectivity index (χ4v) is 1.01. The topological polar surface area (TPSA) is 71.5 Å². The van der Waals surface area contributed by atoms with Gasteiger partial charge in [0.25, 0.3) is 0 Å². The lowest BCUT2D eigenvalue weighted by molar-refractivity contribution is 0.544. The molecule has 2 aromatic heterocycles. The molecule has 2 aromatic rings. The highest BCUT2D eigenvalue weighted by Gasteiger charge is 2.09. The minimum Gasteiger partial charge on any atom is -0.329 e. The number of H-pyrrole nitrogens is 1. The summed E-state index contributed by atoms with van der Waals surface area (Å²) in [6, 6.07) is 0. The number of aromatic amines is 1. The van der Waals surface area contributed by atoms with Crippen molar-refractivity contribution in [3.8, 4) is 0 Å². The van der Waals surface area contributed by atoms with E-state index in [2.05, 4.69) is 19.9 Å². The smallest absolute Gasteiger partial charge is 0.209 e. The number of nitrogens with one attached hydrogen (secondary N) is 1. The minimum absolute atomic E-state index is 0.396. The summed E-state index contributed by atoms with van der Waals surface area (Å²) in [5.41, 5.74) is 1.34. The summed E-state index contributed by atoms with van der Waals surface area (Å²) >= 11 is 0. The van der Waals surface area contributed by atoms with Gasteiger partial charge in [-0.3, -0.25) is 4.79 Å². The Morgan fingerprint density at radius 1 is 1.54 bits per heavy atom. The summed E-state index contributed by atoms with van der Waals surface area (Å²) in [5, 5.41) is 0. The average Bonchev–Trinajstić information content (AvgIpc) is 2.63. The van der Waals surface area contributed by atoms with Gasteiger partial charge in [0.2, 0.25) is 6.29 Å². The quantitative estimate of drug-likeness (QED) is 0.724. The first-order valence-electron chi connectivity index (χ1n) is 3.85. The first-order valence-corrected chi connectivity index (χ1v) is 3.85. The molecule has 2 heterocycles. The second kappa shape index (κ2) is 2.93. The number of nitrogens with zero attached hydrogens (tertiary/aromatic N) is 3. The van der Waals surface area contributed by atoms with Gasteiger partial charge in [-0.2, -0.15) is 0 Å². The molecule has 0 aliphatic rings. The molecule has 5 nitrogen and oxygen atoms in total. The highest BCUT2D eigenvalue weighted by molar-refractivity contribution is 5.69. The molecule has 5 heteroatoms. The van der Waals surface area contributed by atoms with Crippen molar-refractivity contribution in [2.75, 3.05) is 0 Å². The molecule has 1 atom stereocenters. The number of imidazole rings is 1. The molecule has 1 unspecified atom stereocenters. The fourth-order valence-electron chi connectivity index (χ4n) is 1.01. The van der Waals surface area contributed by atoms with E-state index in [9.17, 15) is 4.79 Å². The van der Waals surface area contributed by atoms with Gasteiger partial charge in [-0.15, -0.1) is 0 Å². The van der Waals surface area contributed by atoms with Crippen LogP contribution in [0.3, 0.4) is 0 Å². The lowest BCUT2D eigenvalue weighted by atomic mass is 10.2. The molecule has 13 heavy (non-hydrogen) atoms. The van der Waals surface area contributed by atoms with Crippen LogP contribution in [0.1, 0.15) is 18.7 Å². The van der Waals surface area contributed by atoms with Crippen molar-refractivity contribution in [3.63, 3.8) is 0 Å². The normalized spacial score (nSPS) is 13.0. The molecule has 0 saturated carbocycles. The van der Waals surface area contributed by atoms with Crippen molar-refractivity contribution in [3.05, 3.63) is 18.3 Å². The maximum atomic E-state index is 10.3. The van der Waals surface area contributed by atoms with Gasteiger partial charge in [-0.05, 0) is 6.92 Å². The van der Waals surface area contributed by atoms with Crippen molar-refractivity contribution in [1.29, 1.82) is 0 Å². The maximum Gasteiger partial charge on any atom is 0.209 e. The number of fused-ring (bicyclic) bond motifs is 1. The summed E-state index contributed by atoms with van der Waals surface area (Å²) in [7, 11) is 0. The van der Waals surface area contributed by atoms with E-state index in [0.29, 0.717) is 17.0 Å². The molecule has 0 spiro atoms. The Labute approximate surface area is 74.2 Å². The predicted molar refractivity (Wildman–Crippen MR) is 45.8 cm³/mol. The van der Waals surface area contributed by atoms with E-state index in [1.165, 1.54) is 0 Å².